The fraction of sp³-hybridized carbons (Fsp3) is 0.120. The first-order chi connectivity index (χ1) is 13.9. The van der Waals surface area contributed by atoms with Crippen LogP contribution in [-0.2, 0) is 0 Å². The minimum atomic E-state index is -0.388. The average Bonchev–Trinajstić information content (AvgIpc) is 2.69. The van der Waals surface area contributed by atoms with E-state index in [1.54, 1.807) is 12.1 Å². The number of nitrogens with zero attached hydrogens (tertiary/aromatic N) is 1. The van der Waals surface area contributed by atoms with Crippen LogP contribution in [0.4, 0.5) is 0 Å². The van der Waals surface area contributed by atoms with Crippen molar-refractivity contribution >= 4 is 28.5 Å². The molecular formula is C25H20ClNO2. The maximum atomic E-state index is 13.2. The quantitative estimate of drug-likeness (QED) is 0.283. The summed E-state index contributed by atoms with van der Waals surface area (Å²) >= 11 is 6.05. The van der Waals surface area contributed by atoms with Gasteiger partial charge in [0.2, 0.25) is 0 Å². The number of aryl methyl sites for hydroxylation is 2. The van der Waals surface area contributed by atoms with Gasteiger partial charge in [0.15, 0.2) is 0 Å². The highest BCUT2D eigenvalue weighted by molar-refractivity contribution is 6.30. The summed E-state index contributed by atoms with van der Waals surface area (Å²) in [7, 11) is 0. The van der Waals surface area contributed by atoms with Gasteiger partial charge in [-0.1, -0.05) is 53.6 Å². The Balaban J connectivity index is 1.96. The summed E-state index contributed by atoms with van der Waals surface area (Å²) in [4.78, 5) is 18.2. The molecule has 4 rings (SSSR count). The van der Waals surface area contributed by atoms with Gasteiger partial charge >= 0.3 is 5.97 Å². The number of rotatable bonds is 3. The summed E-state index contributed by atoms with van der Waals surface area (Å²) < 4.78 is 5.69. The molecule has 1 heterocycles. The molecule has 0 amide bonds. The summed E-state index contributed by atoms with van der Waals surface area (Å²) in [6.07, 6.45) is 0. The smallest absolute Gasteiger partial charge is 0.344 e. The molecule has 0 radical (unpaired) electrons. The van der Waals surface area contributed by atoms with E-state index < -0.39 is 0 Å². The first-order valence-electron chi connectivity index (χ1n) is 9.39. The third-order valence-corrected chi connectivity index (χ3v) is 5.20. The predicted octanol–water partition coefficient (Wildman–Crippen LogP) is 6.70. The van der Waals surface area contributed by atoms with Crippen molar-refractivity contribution in [2.45, 2.75) is 20.8 Å². The molecule has 1 aromatic heterocycles. The Morgan fingerprint density at radius 3 is 2.31 bits per heavy atom. The van der Waals surface area contributed by atoms with Crippen molar-refractivity contribution in [3.05, 3.63) is 94.0 Å². The molecule has 0 unspecified atom stereocenters. The second-order valence-electron chi connectivity index (χ2n) is 7.15. The molecule has 0 saturated carbocycles. The third-order valence-electron chi connectivity index (χ3n) is 4.94. The Morgan fingerprint density at radius 2 is 1.62 bits per heavy atom. The number of para-hydroxylation sites is 1. The SMILES string of the molecule is Cc1cc(C)c2nc(-c3ccc(Cl)cc3)c(C)c(C(=O)Oc3ccccc3)c2c1. The molecule has 29 heavy (non-hydrogen) atoms. The summed E-state index contributed by atoms with van der Waals surface area (Å²) in [5, 5.41) is 1.46. The molecule has 0 saturated heterocycles. The van der Waals surface area contributed by atoms with Gasteiger partial charge in [0.1, 0.15) is 5.75 Å². The maximum Gasteiger partial charge on any atom is 0.344 e. The van der Waals surface area contributed by atoms with E-state index >= 15 is 0 Å². The van der Waals surface area contributed by atoms with E-state index in [1.807, 2.05) is 69.3 Å². The largest absolute Gasteiger partial charge is 0.423 e. The van der Waals surface area contributed by atoms with Crippen LogP contribution < -0.4 is 4.74 Å². The van der Waals surface area contributed by atoms with E-state index in [1.165, 1.54) is 0 Å². The minimum Gasteiger partial charge on any atom is -0.423 e. The highest BCUT2D eigenvalue weighted by Crippen LogP contribution is 2.33. The number of ether oxygens (including phenoxy) is 1. The molecule has 0 fully saturated rings. The second kappa shape index (κ2) is 7.69. The molecule has 4 heteroatoms. The molecule has 3 nitrogen and oxygen atoms in total. The number of fused-ring (bicyclic) bond motifs is 1. The zero-order chi connectivity index (χ0) is 20.5. The summed E-state index contributed by atoms with van der Waals surface area (Å²) in [5.74, 6) is 0.126. The van der Waals surface area contributed by atoms with Crippen molar-refractivity contribution in [2.24, 2.45) is 0 Å². The van der Waals surface area contributed by atoms with Crippen molar-refractivity contribution in [3.8, 4) is 17.0 Å². The van der Waals surface area contributed by atoms with E-state index in [9.17, 15) is 4.79 Å². The number of pyridine rings is 1. The van der Waals surface area contributed by atoms with Crippen molar-refractivity contribution < 1.29 is 9.53 Å². The van der Waals surface area contributed by atoms with Crippen molar-refractivity contribution in [3.63, 3.8) is 0 Å². The number of esters is 1. The van der Waals surface area contributed by atoms with Gasteiger partial charge in [-0.25, -0.2) is 9.78 Å². The van der Waals surface area contributed by atoms with Crippen LogP contribution in [0.25, 0.3) is 22.2 Å². The number of hydrogen-bond donors (Lipinski definition) is 0. The number of carbonyl (C=O) groups excluding carboxylic acids is 1. The van der Waals surface area contributed by atoms with E-state index in [0.29, 0.717) is 16.3 Å². The maximum absolute atomic E-state index is 13.2. The first kappa shape index (κ1) is 19.2. The van der Waals surface area contributed by atoms with Crippen LogP contribution in [0.3, 0.4) is 0 Å². The fourth-order valence-electron chi connectivity index (χ4n) is 3.61. The Bertz CT molecular complexity index is 1220. The molecular weight excluding hydrogens is 382 g/mol. The average molecular weight is 402 g/mol. The van der Waals surface area contributed by atoms with Gasteiger partial charge in [0.25, 0.3) is 0 Å². The van der Waals surface area contributed by atoms with Crippen molar-refractivity contribution in [1.29, 1.82) is 0 Å². The number of aromatic nitrogens is 1. The van der Waals surface area contributed by atoms with Crippen LogP contribution >= 0.6 is 11.6 Å². The molecule has 0 aliphatic carbocycles. The lowest BCUT2D eigenvalue weighted by Crippen LogP contribution is -2.13. The van der Waals surface area contributed by atoms with Gasteiger partial charge in [-0.2, -0.15) is 0 Å². The van der Waals surface area contributed by atoms with Crippen molar-refractivity contribution in [2.75, 3.05) is 0 Å². The molecule has 0 N–H and O–H groups in total. The highest BCUT2D eigenvalue weighted by Gasteiger charge is 2.22. The van der Waals surface area contributed by atoms with E-state index in [4.69, 9.17) is 21.3 Å². The Kier molecular flexibility index (Phi) is 5.08. The van der Waals surface area contributed by atoms with Crippen LogP contribution in [0.5, 0.6) is 5.75 Å². The zero-order valence-electron chi connectivity index (χ0n) is 16.5. The topological polar surface area (TPSA) is 39.2 Å². The molecule has 0 aliphatic heterocycles. The van der Waals surface area contributed by atoms with E-state index in [-0.39, 0.29) is 5.97 Å². The fourth-order valence-corrected chi connectivity index (χ4v) is 3.74. The molecule has 0 bridgehead atoms. The highest BCUT2D eigenvalue weighted by atomic mass is 35.5. The number of hydrogen-bond acceptors (Lipinski definition) is 3. The van der Waals surface area contributed by atoms with Crippen LogP contribution in [0.15, 0.2) is 66.7 Å². The normalized spacial score (nSPS) is 10.9. The van der Waals surface area contributed by atoms with Crippen LogP contribution in [0, 0.1) is 20.8 Å². The molecule has 4 aromatic rings. The Hall–Kier alpha value is -3.17. The van der Waals surface area contributed by atoms with Gasteiger partial charge in [-0.05, 0) is 62.2 Å². The van der Waals surface area contributed by atoms with Gasteiger partial charge < -0.3 is 4.74 Å². The third kappa shape index (κ3) is 3.74. The van der Waals surface area contributed by atoms with E-state index in [2.05, 4.69) is 6.07 Å². The lowest BCUT2D eigenvalue weighted by Gasteiger charge is -2.16. The lowest BCUT2D eigenvalue weighted by atomic mass is 9.95. The van der Waals surface area contributed by atoms with Crippen molar-refractivity contribution in [1.82, 2.24) is 4.98 Å². The van der Waals surface area contributed by atoms with Gasteiger partial charge in [-0.3, -0.25) is 0 Å². The molecule has 3 aromatic carbocycles. The van der Waals surface area contributed by atoms with Crippen LogP contribution in [-0.4, -0.2) is 11.0 Å². The summed E-state index contributed by atoms with van der Waals surface area (Å²) in [6, 6.07) is 20.7. The molecule has 0 atom stereocenters. The minimum absolute atomic E-state index is 0.388. The second-order valence-corrected chi connectivity index (χ2v) is 7.58. The predicted molar refractivity (Wildman–Crippen MR) is 118 cm³/mol. The Morgan fingerprint density at radius 1 is 0.931 bits per heavy atom. The standard InChI is InChI=1S/C25H20ClNO2/c1-15-13-16(2)23-21(14-15)22(25(28)29-20-7-5-4-6-8-20)17(3)24(27-23)18-9-11-19(26)12-10-18/h4-14H,1-3H3. The van der Waals surface area contributed by atoms with Gasteiger partial charge in [-0.15, -0.1) is 0 Å². The Labute approximate surface area is 174 Å². The number of halogens is 1. The van der Waals surface area contributed by atoms with Gasteiger partial charge in [0.05, 0.1) is 16.8 Å². The number of benzene rings is 3. The van der Waals surface area contributed by atoms with Crippen LogP contribution in [0.1, 0.15) is 27.0 Å². The first-order valence-corrected chi connectivity index (χ1v) is 9.76. The molecule has 144 valence electrons. The zero-order valence-corrected chi connectivity index (χ0v) is 17.2. The summed E-state index contributed by atoms with van der Waals surface area (Å²) in [5.41, 5.74) is 5.87. The van der Waals surface area contributed by atoms with E-state index in [0.717, 1.165) is 38.9 Å². The molecule has 0 aliphatic rings. The summed E-state index contributed by atoms with van der Waals surface area (Å²) in [6.45, 7) is 5.94. The van der Waals surface area contributed by atoms with Crippen LogP contribution in [0.2, 0.25) is 5.02 Å². The number of carbonyl (C=O) groups is 1. The lowest BCUT2D eigenvalue weighted by molar-refractivity contribution is 0.0736. The monoisotopic (exact) mass is 401 g/mol. The van der Waals surface area contributed by atoms with Gasteiger partial charge in [0, 0.05) is 16.0 Å². The molecule has 0 spiro atoms.